The smallest absolute Gasteiger partial charge is 0.282 e. The molecule has 0 atom stereocenters. The third kappa shape index (κ3) is 7.06. The zero-order valence-corrected chi connectivity index (χ0v) is 23.8. The van der Waals surface area contributed by atoms with Gasteiger partial charge in [-0.25, -0.2) is 4.98 Å². The Morgan fingerprint density at radius 3 is 2.59 bits per heavy atom. The molecule has 0 aliphatic rings. The van der Waals surface area contributed by atoms with Crippen molar-refractivity contribution >= 4 is 72.2 Å². The Morgan fingerprint density at radius 1 is 1.11 bits per heavy atom. The molecule has 0 fully saturated rings. The van der Waals surface area contributed by atoms with E-state index >= 15 is 0 Å². The van der Waals surface area contributed by atoms with E-state index in [1.165, 1.54) is 4.68 Å². The molecule has 0 aliphatic heterocycles. The van der Waals surface area contributed by atoms with Gasteiger partial charge in [-0.3, -0.25) is 9.59 Å². The lowest BCUT2D eigenvalue weighted by molar-refractivity contribution is -0.118. The molecular formula is C27H23Br2ClN4O3. The van der Waals surface area contributed by atoms with Gasteiger partial charge in [0.25, 0.3) is 11.5 Å². The lowest BCUT2D eigenvalue weighted by atomic mass is 10.2. The SMILES string of the molecule is CCCCc1nc2ccc(Br)cc2c(=O)n1N=Cc1cc(Br)ccc1OCC(=O)Nc1ccc(Cl)cc1. The molecule has 1 N–H and O–H groups in total. The van der Waals surface area contributed by atoms with Crippen LogP contribution in [0.25, 0.3) is 10.9 Å². The zero-order chi connectivity index (χ0) is 26.4. The fourth-order valence-electron chi connectivity index (χ4n) is 3.56. The summed E-state index contributed by atoms with van der Waals surface area (Å²) in [7, 11) is 0. The number of carbonyl (C=O) groups excluding carboxylic acids is 1. The number of nitrogens with zero attached hydrogens (tertiary/aromatic N) is 3. The molecule has 10 heteroatoms. The van der Waals surface area contributed by atoms with E-state index in [1.54, 1.807) is 54.7 Å². The molecule has 1 amide bonds. The highest BCUT2D eigenvalue weighted by molar-refractivity contribution is 9.10. The van der Waals surface area contributed by atoms with E-state index in [9.17, 15) is 9.59 Å². The summed E-state index contributed by atoms with van der Waals surface area (Å²) in [5.41, 5.74) is 1.58. The van der Waals surface area contributed by atoms with Gasteiger partial charge in [0, 0.05) is 31.6 Å². The number of halogens is 3. The normalized spacial score (nSPS) is 11.2. The van der Waals surface area contributed by atoms with Crippen LogP contribution in [0.4, 0.5) is 5.69 Å². The number of nitrogens with one attached hydrogen (secondary N) is 1. The van der Waals surface area contributed by atoms with Gasteiger partial charge in [0.15, 0.2) is 6.61 Å². The van der Waals surface area contributed by atoms with Crippen molar-refractivity contribution in [3.05, 3.63) is 96.4 Å². The van der Waals surface area contributed by atoms with Gasteiger partial charge in [0.1, 0.15) is 11.6 Å². The van der Waals surface area contributed by atoms with Crippen molar-refractivity contribution in [3.63, 3.8) is 0 Å². The summed E-state index contributed by atoms with van der Waals surface area (Å²) in [6.45, 7) is 1.87. The number of aryl methyl sites for hydroxylation is 1. The number of rotatable bonds is 9. The summed E-state index contributed by atoms with van der Waals surface area (Å²) < 4.78 is 8.71. The van der Waals surface area contributed by atoms with E-state index in [4.69, 9.17) is 21.3 Å². The number of benzene rings is 3. The molecule has 0 saturated heterocycles. The first-order valence-corrected chi connectivity index (χ1v) is 13.5. The minimum Gasteiger partial charge on any atom is -0.483 e. The van der Waals surface area contributed by atoms with Crippen molar-refractivity contribution in [2.75, 3.05) is 11.9 Å². The van der Waals surface area contributed by atoms with E-state index in [2.05, 4.69) is 49.2 Å². The summed E-state index contributed by atoms with van der Waals surface area (Å²) in [5.74, 6) is 0.700. The summed E-state index contributed by atoms with van der Waals surface area (Å²) >= 11 is 12.8. The highest BCUT2D eigenvalue weighted by Crippen LogP contribution is 2.23. The van der Waals surface area contributed by atoms with E-state index in [0.29, 0.717) is 45.2 Å². The van der Waals surface area contributed by atoms with Gasteiger partial charge in [0.2, 0.25) is 0 Å². The van der Waals surface area contributed by atoms with Crippen LogP contribution in [0.15, 0.2) is 79.5 Å². The number of ether oxygens (including phenoxy) is 1. The van der Waals surface area contributed by atoms with Crippen LogP contribution in [0.5, 0.6) is 5.75 Å². The second-order valence-corrected chi connectivity index (χ2v) is 10.4. The maximum absolute atomic E-state index is 13.3. The molecule has 190 valence electrons. The van der Waals surface area contributed by atoms with Crippen molar-refractivity contribution in [2.24, 2.45) is 5.10 Å². The molecule has 4 aromatic rings. The minimum atomic E-state index is -0.324. The van der Waals surface area contributed by atoms with Crippen molar-refractivity contribution in [2.45, 2.75) is 26.2 Å². The fourth-order valence-corrected chi connectivity index (χ4v) is 4.42. The first-order chi connectivity index (χ1) is 17.8. The summed E-state index contributed by atoms with van der Waals surface area (Å²) in [4.78, 5) is 30.4. The Balaban J connectivity index is 1.60. The second-order valence-electron chi connectivity index (χ2n) is 8.18. The molecule has 4 rings (SSSR count). The predicted molar refractivity (Wildman–Crippen MR) is 155 cm³/mol. The molecule has 0 unspecified atom stereocenters. The summed E-state index contributed by atoms with van der Waals surface area (Å²) in [6.07, 6.45) is 3.99. The van der Waals surface area contributed by atoms with Crippen LogP contribution in [-0.4, -0.2) is 28.4 Å². The minimum absolute atomic E-state index is 0.210. The molecule has 0 radical (unpaired) electrons. The molecule has 1 aromatic heterocycles. The topological polar surface area (TPSA) is 85.6 Å². The molecule has 0 bridgehead atoms. The van der Waals surface area contributed by atoms with E-state index in [-0.39, 0.29) is 18.1 Å². The van der Waals surface area contributed by atoms with E-state index in [0.717, 1.165) is 21.8 Å². The average Bonchev–Trinajstić information content (AvgIpc) is 2.88. The monoisotopic (exact) mass is 644 g/mol. The Hall–Kier alpha value is -3.01. The number of aromatic nitrogens is 2. The van der Waals surface area contributed by atoms with Crippen molar-refractivity contribution in [1.29, 1.82) is 0 Å². The predicted octanol–water partition coefficient (Wildman–Crippen LogP) is 6.82. The highest BCUT2D eigenvalue weighted by Gasteiger charge is 2.12. The molecular weight excluding hydrogens is 624 g/mol. The van der Waals surface area contributed by atoms with Crippen LogP contribution in [-0.2, 0) is 11.2 Å². The number of anilines is 1. The summed E-state index contributed by atoms with van der Waals surface area (Å²) in [6, 6.07) is 17.6. The lowest BCUT2D eigenvalue weighted by Gasteiger charge is -2.11. The van der Waals surface area contributed by atoms with Gasteiger partial charge in [-0.2, -0.15) is 9.78 Å². The third-order valence-corrected chi connectivity index (χ3v) is 6.64. The lowest BCUT2D eigenvalue weighted by Crippen LogP contribution is -2.23. The zero-order valence-electron chi connectivity index (χ0n) is 19.9. The number of hydrogen-bond donors (Lipinski definition) is 1. The van der Waals surface area contributed by atoms with Crippen molar-refractivity contribution < 1.29 is 9.53 Å². The molecule has 1 heterocycles. The van der Waals surface area contributed by atoms with Gasteiger partial charge in [-0.1, -0.05) is 56.8 Å². The Bertz CT molecular complexity index is 1520. The van der Waals surface area contributed by atoms with E-state index in [1.807, 2.05) is 12.1 Å². The van der Waals surface area contributed by atoms with E-state index < -0.39 is 0 Å². The maximum Gasteiger partial charge on any atom is 0.282 e. The summed E-state index contributed by atoms with van der Waals surface area (Å²) in [5, 5.41) is 8.31. The molecule has 0 spiro atoms. The number of fused-ring (bicyclic) bond motifs is 1. The first-order valence-electron chi connectivity index (χ1n) is 11.6. The molecule has 0 saturated carbocycles. The fraction of sp³-hybridized carbons (Fsp3) is 0.185. The van der Waals surface area contributed by atoms with Crippen LogP contribution < -0.4 is 15.6 Å². The quantitative estimate of drug-likeness (QED) is 0.202. The van der Waals surface area contributed by atoms with Crippen molar-refractivity contribution in [3.8, 4) is 5.75 Å². The number of hydrogen-bond acceptors (Lipinski definition) is 5. The number of amides is 1. The Morgan fingerprint density at radius 2 is 1.84 bits per heavy atom. The van der Waals surface area contributed by atoms with Gasteiger partial charge in [-0.15, -0.1) is 0 Å². The van der Waals surface area contributed by atoms with Crippen LogP contribution in [0.1, 0.15) is 31.2 Å². The van der Waals surface area contributed by atoms with Crippen LogP contribution >= 0.6 is 43.5 Å². The molecule has 7 nitrogen and oxygen atoms in total. The Kier molecular flexibility index (Phi) is 9.13. The second kappa shape index (κ2) is 12.5. The maximum atomic E-state index is 13.3. The third-order valence-electron chi connectivity index (χ3n) is 5.40. The molecule has 0 aliphatic carbocycles. The van der Waals surface area contributed by atoms with Gasteiger partial charge >= 0.3 is 0 Å². The van der Waals surface area contributed by atoms with Crippen LogP contribution in [0, 0.1) is 0 Å². The van der Waals surface area contributed by atoms with Gasteiger partial charge < -0.3 is 10.1 Å². The first kappa shape index (κ1) is 27.0. The highest BCUT2D eigenvalue weighted by atomic mass is 79.9. The standard InChI is InChI=1S/C27H23Br2ClN4O3/c1-2-3-4-25-33-23-11-5-19(29)14-22(23)27(36)34(25)31-15-17-13-18(28)6-12-24(17)37-16-26(35)32-21-9-7-20(30)8-10-21/h5-15H,2-4,16H2,1H3,(H,32,35). The Labute approximate surface area is 235 Å². The molecule has 3 aromatic carbocycles. The van der Waals surface area contributed by atoms with Crippen LogP contribution in [0.3, 0.4) is 0 Å². The number of unbranched alkanes of at least 4 members (excludes halogenated alkanes) is 1. The van der Waals surface area contributed by atoms with Crippen molar-refractivity contribution in [1.82, 2.24) is 9.66 Å². The van der Waals surface area contributed by atoms with Gasteiger partial charge in [-0.05, 0) is 67.1 Å². The average molecular weight is 647 g/mol. The number of carbonyl (C=O) groups is 1. The van der Waals surface area contributed by atoms with Crippen LogP contribution in [0.2, 0.25) is 5.02 Å². The largest absolute Gasteiger partial charge is 0.483 e. The van der Waals surface area contributed by atoms with Gasteiger partial charge in [0.05, 0.1) is 17.1 Å². The molecule has 37 heavy (non-hydrogen) atoms.